The molecule has 0 bridgehead atoms. The fourth-order valence-corrected chi connectivity index (χ4v) is 2.98. The monoisotopic (exact) mass is 644 g/mol. The molecule has 238 valence electrons. The molecule has 0 aliphatic heterocycles. The molecule has 0 heterocycles. The fraction of sp³-hybridized carbons (Fsp3) is 0.360. The second-order valence-corrected chi connectivity index (χ2v) is 8.46. The Morgan fingerprint density at radius 3 is 1.53 bits per heavy atom. The average Bonchev–Trinajstić information content (AvgIpc) is 2.91. The van der Waals surface area contributed by atoms with Crippen LogP contribution in [0, 0.1) is 0 Å². The summed E-state index contributed by atoms with van der Waals surface area (Å²) in [5, 5.41) is 0. The molecule has 0 atom stereocenters. The number of ether oxygens (including phenoxy) is 3. The van der Waals surface area contributed by atoms with Crippen molar-refractivity contribution in [1.82, 2.24) is 0 Å². The van der Waals surface area contributed by atoms with Gasteiger partial charge in [0.25, 0.3) is 0 Å². The van der Waals surface area contributed by atoms with Crippen LogP contribution < -0.4 is 14.2 Å². The Kier molecular flexibility index (Phi) is 10.1. The molecule has 18 heteroatoms. The normalized spacial score (nSPS) is 13.3. The van der Waals surface area contributed by atoms with Crippen molar-refractivity contribution in [2.45, 2.75) is 48.6 Å². The van der Waals surface area contributed by atoms with Crippen molar-refractivity contribution in [2.24, 2.45) is 0 Å². The van der Waals surface area contributed by atoms with Crippen molar-refractivity contribution in [2.75, 3.05) is 6.61 Å². The lowest BCUT2D eigenvalue weighted by molar-refractivity contribution is -0.440. The van der Waals surface area contributed by atoms with Gasteiger partial charge in [0, 0.05) is 6.42 Å². The fourth-order valence-electron chi connectivity index (χ4n) is 2.98. The quantitative estimate of drug-likeness (QED) is 0.0961. The molecule has 2 aromatic carbocycles. The van der Waals surface area contributed by atoms with Crippen LogP contribution in [0.2, 0.25) is 0 Å². The van der Waals surface area contributed by atoms with Crippen LogP contribution >= 0.6 is 0 Å². The second kappa shape index (κ2) is 12.3. The molecular formula is C25H17F13O5. The standard InChI is InChI=1S/C25H17F13O5/c1-2-13-41-15-5-3-14(4-6-15)19(40)43-17-9-7-16(8-10-17)42-18(39)11-12-20(26,27)21(28,29)22(30,31)23(32,33)24(34,35)25(36,37)38/h2-10H,1,11-13H2. The molecule has 5 nitrogen and oxygen atoms in total. The SMILES string of the molecule is C=CCOc1ccc(C(=O)Oc2ccc(OC(=O)CCC(F)(F)C(F)(F)C(F)(F)C(F)(F)C(F)(F)C(F)(F)F)cc2)cc1. The highest BCUT2D eigenvalue weighted by molar-refractivity contribution is 5.91. The van der Waals surface area contributed by atoms with Gasteiger partial charge < -0.3 is 14.2 Å². The topological polar surface area (TPSA) is 61.8 Å². The predicted molar refractivity (Wildman–Crippen MR) is 119 cm³/mol. The van der Waals surface area contributed by atoms with Gasteiger partial charge in [0.05, 0.1) is 12.0 Å². The van der Waals surface area contributed by atoms with Gasteiger partial charge in [-0.3, -0.25) is 4.79 Å². The molecule has 0 saturated heterocycles. The number of halogens is 13. The molecular weight excluding hydrogens is 627 g/mol. The van der Waals surface area contributed by atoms with Crippen LogP contribution in [-0.4, -0.2) is 54.3 Å². The summed E-state index contributed by atoms with van der Waals surface area (Å²) in [4.78, 5) is 24.0. The molecule has 0 unspecified atom stereocenters. The van der Waals surface area contributed by atoms with E-state index in [2.05, 4.69) is 11.3 Å². The van der Waals surface area contributed by atoms with Crippen LogP contribution in [0.4, 0.5) is 57.1 Å². The van der Waals surface area contributed by atoms with E-state index in [4.69, 9.17) is 9.47 Å². The van der Waals surface area contributed by atoms with Gasteiger partial charge in [-0.1, -0.05) is 12.7 Å². The molecule has 2 aromatic rings. The smallest absolute Gasteiger partial charge is 0.460 e. The van der Waals surface area contributed by atoms with E-state index in [9.17, 15) is 66.7 Å². The van der Waals surface area contributed by atoms with Crippen molar-refractivity contribution in [1.29, 1.82) is 0 Å². The minimum absolute atomic E-state index is 0.0738. The van der Waals surface area contributed by atoms with Crippen LogP contribution in [-0.2, 0) is 4.79 Å². The molecule has 0 radical (unpaired) electrons. The number of hydrogen-bond donors (Lipinski definition) is 0. The maximum absolute atomic E-state index is 13.8. The minimum atomic E-state index is -8.03. The summed E-state index contributed by atoms with van der Waals surface area (Å²) in [6.07, 6.45) is -10.7. The molecule has 0 fully saturated rings. The van der Waals surface area contributed by atoms with Crippen LogP contribution in [0.25, 0.3) is 0 Å². The number of carbonyl (C=O) groups is 2. The van der Waals surface area contributed by atoms with Gasteiger partial charge in [0.1, 0.15) is 23.9 Å². The van der Waals surface area contributed by atoms with Gasteiger partial charge >= 0.3 is 47.7 Å². The largest absolute Gasteiger partial charge is 0.490 e. The third-order valence-electron chi connectivity index (χ3n) is 5.37. The summed E-state index contributed by atoms with van der Waals surface area (Å²) < 4.78 is 186. The average molecular weight is 644 g/mol. The molecule has 43 heavy (non-hydrogen) atoms. The Morgan fingerprint density at radius 2 is 1.07 bits per heavy atom. The Balaban J connectivity index is 2.03. The number of alkyl halides is 13. The lowest BCUT2D eigenvalue weighted by Crippen LogP contribution is -2.70. The highest BCUT2D eigenvalue weighted by Crippen LogP contribution is 2.60. The van der Waals surface area contributed by atoms with Crippen LogP contribution in [0.5, 0.6) is 17.2 Å². The van der Waals surface area contributed by atoms with Crippen LogP contribution in [0.3, 0.4) is 0 Å². The van der Waals surface area contributed by atoms with E-state index in [1.165, 1.54) is 30.3 Å². The van der Waals surface area contributed by atoms with E-state index in [0.29, 0.717) is 5.75 Å². The van der Waals surface area contributed by atoms with E-state index < -0.39 is 66.3 Å². The lowest BCUT2D eigenvalue weighted by atomic mass is 9.92. The maximum atomic E-state index is 13.8. The summed E-state index contributed by atoms with van der Waals surface area (Å²) in [5.41, 5.74) is 0.0738. The predicted octanol–water partition coefficient (Wildman–Crippen LogP) is 7.90. The summed E-state index contributed by atoms with van der Waals surface area (Å²) in [5.74, 6) is -40.7. The first-order valence-corrected chi connectivity index (χ1v) is 11.3. The molecule has 0 saturated carbocycles. The van der Waals surface area contributed by atoms with Gasteiger partial charge in [-0.15, -0.1) is 0 Å². The Morgan fingerprint density at radius 1 is 0.628 bits per heavy atom. The maximum Gasteiger partial charge on any atom is 0.460 e. The molecule has 0 aromatic heterocycles. The number of esters is 2. The van der Waals surface area contributed by atoms with Crippen molar-refractivity contribution in [3.05, 3.63) is 66.7 Å². The summed E-state index contributed by atoms with van der Waals surface area (Å²) in [7, 11) is 0. The Bertz CT molecular complexity index is 1290. The van der Waals surface area contributed by atoms with E-state index in [-0.39, 0.29) is 17.9 Å². The second-order valence-electron chi connectivity index (χ2n) is 8.46. The van der Waals surface area contributed by atoms with Gasteiger partial charge in [0.15, 0.2) is 0 Å². The lowest BCUT2D eigenvalue weighted by Gasteiger charge is -2.39. The number of rotatable bonds is 13. The molecule has 2 rings (SSSR count). The van der Waals surface area contributed by atoms with E-state index >= 15 is 0 Å². The third-order valence-corrected chi connectivity index (χ3v) is 5.37. The third kappa shape index (κ3) is 7.15. The number of benzene rings is 2. The zero-order valence-corrected chi connectivity index (χ0v) is 21.0. The first-order valence-electron chi connectivity index (χ1n) is 11.3. The van der Waals surface area contributed by atoms with Gasteiger partial charge in [0.2, 0.25) is 0 Å². The molecule has 0 N–H and O–H groups in total. The summed E-state index contributed by atoms with van der Waals surface area (Å²) >= 11 is 0. The van der Waals surface area contributed by atoms with Crippen molar-refractivity contribution >= 4 is 11.9 Å². The molecule has 0 aliphatic rings. The summed E-state index contributed by atoms with van der Waals surface area (Å²) in [6, 6.07) is 9.42. The van der Waals surface area contributed by atoms with E-state index in [1.54, 1.807) is 0 Å². The minimum Gasteiger partial charge on any atom is -0.490 e. The summed E-state index contributed by atoms with van der Waals surface area (Å²) in [6.45, 7) is 3.67. The first-order chi connectivity index (χ1) is 19.5. The molecule has 0 spiro atoms. The highest BCUT2D eigenvalue weighted by atomic mass is 19.4. The van der Waals surface area contributed by atoms with Gasteiger partial charge in [-0.25, -0.2) is 4.79 Å². The molecule has 0 aliphatic carbocycles. The van der Waals surface area contributed by atoms with Crippen molar-refractivity contribution < 1.29 is 80.9 Å². The van der Waals surface area contributed by atoms with Gasteiger partial charge in [-0.2, -0.15) is 57.1 Å². The van der Waals surface area contributed by atoms with Crippen LogP contribution in [0.1, 0.15) is 23.2 Å². The van der Waals surface area contributed by atoms with Crippen molar-refractivity contribution in [3.63, 3.8) is 0 Å². The Labute approximate surface area is 232 Å². The van der Waals surface area contributed by atoms with E-state index in [1.807, 2.05) is 0 Å². The zero-order valence-electron chi connectivity index (χ0n) is 21.0. The zero-order chi connectivity index (χ0) is 33.1. The molecule has 0 amide bonds. The van der Waals surface area contributed by atoms with E-state index in [0.717, 1.165) is 24.3 Å². The number of hydrogen-bond acceptors (Lipinski definition) is 5. The first kappa shape index (κ1) is 35.2. The highest BCUT2D eigenvalue weighted by Gasteiger charge is 2.90. The number of carbonyl (C=O) groups excluding carboxylic acids is 2. The van der Waals surface area contributed by atoms with Crippen molar-refractivity contribution in [3.8, 4) is 17.2 Å². The Hall–Kier alpha value is -3.99. The van der Waals surface area contributed by atoms with Crippen LogP contribution in [0.15, 0.2) is 61.2 Å². The van der Waals surface area contributed by atoms with Gasteiger partial charge in [-0.05, 0) is 48.5 Å².